The molecule has 0 amide bonds. The van der Waals surface area contributed by atoms with E-state index in [9.17, 15) is 4.89 Å². The van der Waals surface area contributed by atoms with Gasteiger partial charge in [-0.15, -0.1) is 0 Å². The van der Waals surface area contributed by atoms with Gasteiger partial charge in [0.05, 0.1) is 0 Å². The van der Waals surface area contributed by atoms with Crippen LogP contribution in [0.4, 0.5) is 0 Å². The van der Waals surface area contributed by atoms with E-state index in [-0.39, 0.29) is 5.66 Å². The van der Waals surface area contributed by atoms with Crippen molar-refractivity contribution in [1.29, 1.82) is 0 Å². The molecule has 0 aromatic carbocycles. The Morgan fingerprint density at radius 2 is 1.73 bits per heavy atom. The van der Waals surface area contributed by atoms with Crippen molar-refractivity contribution in [3.8, 4) is 0 Å². The van der Waals surface area contributed by atoms with E-state index in [0.717, 1.165) is 25.7 Å². The van der Waals surface area contributed by atoms with Crippen molar-refractivity contribution in [2.75, 3.05) is 0 Å². The topological polar surface area (TPSA) is 29.5 Å². The van der Waals surface area contributed by atoms with Gasteiger partial charge in [0, 0.05) is 0 Å². The Balaban J connectivity index is 2.69. The summed E-state index contributed by atoms with van der Waals surface area (Å²) in [5.74, 6) is -4.00. The minimum absolute atomic E-state index is 0.165. The van der Waals surface area contributed by atoms with Crippen molar-refractivity contribution >= 4 is 40.1 Å². The molecule has 0 aromatic rings. The minimum atomic E-state index is -4.00. The normalized spacial score (nSPS) is 24.9. The molecule has 11 heavy (non-hydrogen) atoms. The zero-order valence-electron chi connectivity index (χ0n) is 5.84. The van der Waals surface area contributed by atoms with E-state index in [1.165, 1.54) is 0 Å². The molecule has 1 rings (SSSR count). The zero-order chi connectivity index (χ0) is 8.56. The Morgan fingerprint density at radius 3 is 2.09 bits per heavy atom. The van der Waals surface area contributed by atoms with Crippen LogP contribution < -0.4 is 0 Å². The molecule has 1 saturated carbocycles. The number of rotatable bonds is 2. The van der Waals surface area contributed by atoms with Crippen molar-refractivity contribution in [3.63, 3.8) is 0 Å². The Bertz CT molecular complexity index is 150. The molecule has 1 N–H and O–H groups in total. The molecule has 0 radical (unpaired) electrons. The molecular formula is C5H10Cl3O2P. The molecular weight excluding hydrogens is 229 g/mol. The van der Waals surface area contributed by atoms with Crippen LogP contribution in [0.3, 0.4) is 0 Å². The second-order valence-electron chi connectivity index (χ2n) is 2.86. The maximum atomic E-state index is 9.60. The molecule has 68 valence electrons. The van der Waals surface area contributed by atoms with Gasteiger partial charge in [0.1, 0.15) is 0 Å². The summed E-state index contributed by atoms with van der Waals surface area (Å²) in [5, 5.41) is 0. The molecule has 1 aliphatic carbocycles. The monoisotopic (exact) mass is 238 g/mol. The van der Waals surface area contributed by atoms with Crippen molar-refractivity contribution in [2.45, 2.75) is 31.3 Å². The molecule has 0 heterocycles. The molecule has 0 atom stereocenters. The molecule has 0 aliphatic heterocycles. The van der Waals surface area contributed by atoms with Crippen LogP contribution in [0.2, 0.25) is 0 Å². The van der Waals surface area contributed by atoms with Crippen LogP contribution in [-0.4, -0.2) is 10.6 Å². The summed E-state index contributed by atoms with van der Waals surface area (Å²) < 4.78 is 4.30. The van der Waals surface area contributed by atoms with Crippen LogP contribution in [0.25, 0.3) is 0 Å². The first-order valence-corrected chi connectivity index (χ1v) is 7.74. The molecule has 1 aliphatic rings. The molecule has 0 saturated heterocycles. The average Bonchev–Trinajstić information content (AvgIpc) is 2.38. The fraction of sp³-hybridized carbons (Fsp3) is 1.00. The number of hydrogen-bond acceptors (Lipinski definition) is 2. The van der Waals surface area contributed by atoms with Gasteiger partial charge < -0.3 is 0 Å². The van der Waals surface area contributed by atoms with Gasteiger partial charge in [0.25, 0.3) is 0 Å². The average molecular weight is 239 g/mol. The summed E-state index contributed by atoms with van der Waals surface area (Å²) in [7, 11) is 0. The molecule has 1 fully saturated rings. The van der Waals surface area contributed by atoms with E-state index in [1.54, 1.807) is 0 Å². The fourth-order valence-corrected chi connectivity index (χ4v) is 4.20. The van der Waals surface area contributed by atoms with Crippen molar-refractivity contribution in [1.82, 2.24) is 0 Å². The summed E-state index contributed by atoms with van der Waals surface area (Å²) in [6, 6.07) is 0. The predicted molar refractivity (Wildman–Crippen MR) is 50.0 cm³/mol. The Kier molecular flexibility index (Phi) is 2.97. The van der Waals surface area contributed by atoms with Gasteiger partial charge in [0.2, 0.25) is 0 Å². The number of halogens is 3. The second-order valence-corrected chi connectivity index (χ2v) is 10.3. The molecule has 6 heteroatoms. The summed E-state index contributed by atoms with van der Waals surface area (Å²) in [6.45, 7) is 0. The first-order chi connectivity index (χ1) is 4.94. The predicted octanol–water partition coefficient (Wildman–Crippen LogP) is 3.78. The van der Waals surface area contributed by atoms with Gasteiger partial charge in [-0.2, -0.15) is 0 Å². The molecule has 0 bridgehead atoms. The SMILES string of the molecule is OP(Cl)(Cl)(OCl)C1CCCC1. The third kappa shape index (κ3) is 2.33. The van der Waals surface area contributed by atoms with E-state index in [4.69, 9.17) is 34.3 Å². The van der Waals surface area contributed by atoms with Gasteiger partial charge in [-0.05, 0) is 0 Å². The van der Waals surface area contributed by atoms with Crippen LogP contribution >= 0.6 is 40.1 Å². The van der Waals surface area contributed by atoms with Crippen LogP contribution in [-0.2, 0) is 4.08 Å². The molecule has 0 aromatic heterocycles. The first kappa shape index (κ1) is 10.3. The molecule has 2 nitrogen and oxygen atoms in total. The summed E-state index contributed by atoms with van der Waals surface area (Å²) >= 11 is 16.4. The van der Waals surface area contributed by atoms with Gasteiger partial charge in [-0.3, -0.25) is 0 Å². The number of hydrogen-bond donors (Lipinski definition) is 1. The van der Waals surface area contributed by atoms with Gasteiger partial charge in [-0.25, -0.2) is 0 Å². The van der Waals surface area contributed by atoms with Gasteiger partial charge >= 0.3 is 80.4 Å². The summed E-state index contributed by atoms with van der Waals surface area (Å²) in [4.78, 5) is 9.60. The van der Waals surface area contributed by atoms with E-state index in [2.05, 4.69) is 4.08 Å². The zero-order valence-corrected chi connectivity index (χ0v) is 9.00. The third-order valence-corrected chi connectivity index (χ3v) is 7.31. The van der Waals surface area contributed by atoms with E-state index in [0.29, 0.717) is 0 Å². The Labute approximate surface area is 80.6 Å². The summed E-state index contributed by atoms with van der Waals surface area (Å²) in [5.41, 5.74) is -0.165. The molecule has 0 unspecified atom stereocenters. The van der Waals surface area contributed by atoms with Gasteiger partial charge in [0.15, 0.2) is 0 Å². The standard InChI is InChI=1S/C5H10Cl3O2P/c6-10-11(7,8,9)5-3-1-2-4-5/h5,9H,1-4H2. The van der Waals surface area contributed by atoms with E-state index >= 15 is 0 Å². The second kappa shape index (κ2) is 3.17. The van der Waals surface area contributed by atoms with Crippen LogP contribution in [0.15, 0.2) is 0 Å². The van der Waals surface area contributed by atoms with Crippen molar-refractivity contribution in [3.05, 3.63) is 0 Å². The quantitative estimate of drug-likeness (QED) is 0.743. The summed E-state index contributed by atoms with van der Waals surface area (Å²) in [6.07, 6.45) is 3.66. The van der Waals surface area contributed by atoms with Crippen molar-refractivity contribution < 1.29 is 8.97 Å². The van der Waals surface area contributed by atoms with Crippen LogP contribution in [0.5, 0.6) is 0 Å². The molecule has 0 spiro atoms. The van der Waals surface area contributed by atoms with Gasteiger partial charge in [-0.1, -0.05) is 0 Å². The van der Waals surface area contributed by atoms with Crippen LogP contribution in [0.1, 0.15) is 25.7 Å². The fourth-order valence-electron chi connectivity index (χ4n) is 1.38. The van der Waals surface area contributed by atoms with E-state index in [1.807, 2.05) is 0 Å². The Morgan fingerprint density at radius 1 is 1.27 bits per heavy atom. The van der Waals surface area contributed by atoms with Crippen molar-refractivity contribution in [2.24, 2.45) is 0 Å². The maximum absolute atomic E-state index is 9.60. The Hall–Kier alpha value is 1.22. The first-order valence-electron chi connectivity index (χ1n) is 3.45. The van der Waals surface area contributed by atoms with E-state index < -0.39 is 5.76 Å². The van der Waals surface area contributed by atoms with Crippen LogP contribution in [0, 0.1) is 0 Å². The third-order valence-electron chi connectivity index (χ3n) is 2.04.